The van der Waals surface area contributed by atoms with Crippen LogP contribution in [0.4, 0.5) is 13.2 Å². The highest BCUT2D eigenvalue weighted by atomic mass is 19.4. The molecule has 0 bridgehead atoms. The number of allylic oxidation sites excluding steroid dienone is 2. The number of amides is 1. The number of fused-ring (bicyclic) bond motifs is 1. The molecule has 0 spiro atoms. The third kappa shape index (κ3) is 9.10. The van der Waals surface area contributed by atoms with Crippen LogP contribution in [-0.2, 0) is 23.8 Å². The lowest BCUT2D eigenvalue weighted by Gasteiger charge is -2.29. The lowest BCUT2D eigenvalue weighted by molar-refractivity contribution is -0.882. The van der Waals surface area contributed by atoms with Crippen LogP contribution in [0.5, 0.6) is 5.75 Å². The molecule has 3 aromatic carbocycles. The number of hydrogen-bond acceptors (Lipinski definition) is 4. The van der Waals surface area contributed by atoms with Crippen LogP contribution in [0, 0.1) is 0 Å². The molecule has 46 heavy (non-hydrogen) atoms. The zero-order valence-electron chi connectivity index (χ0n) is 26.9. The first-order chi connectivity index (χ1) is 21.9. The number of carbonyl (C=O) groups excluding carboxylic acids is 1. The summed E-state index contributed by atoms with van der Waals surface area (Å²) in [6.45, 7) is 12.3. The Labute approximate surface area is 269 Å². The highest BCUT2D eigenvalue weighted by Gasteiger charge is 2.30. The van der Waals surface area contributed by atoms with Crippen LogP contribution < -0.4 is 10.1 Å². The van der Waals surface area contributed by atoms with E-state index in [0.717, 1.165) is 65.9 Å². The molecule has 0 unspecified atom stereocenters. The van der Waals surface area contributed by atoms with E-state index < -0.39 is 11.7 Å². The molecule has 0 atom stereocenters. The average Bonchev–Trinajstić information content (AvgIpc) is 3.44. The van der Waals surface area contributed by atoms with Gasteiger partial charge in [0.1, 0.15) is 11.3 Å². The molecular weight excluding hydrogens is 591 g/mol. The van der Waals surface area contributed by atoms with Crippen LogP contribution in [0.25, 0.3) is 33.7 Å². The van der Waals surface area contributed by atoms with Gasteiger partial charge in [-0.2, -0.15) is 13.2 Å². The molecule has 1 heterocycles. The van der Waals surface area contributed by atoms with Crippen molar-refractivity contribution in [2.24, 2.45) is 0 Å². The SMILES string of the molecule is C=CCc1cc(-c2ccc(OCCC[N+](C)(C)CC(=O)NCCCC)c(CC=C)c2)c2oc(-c3ccc(C(F)(F)F)cc3)nc2c1. The van der Waals surface area contributed by atoms with Crippen molar-refractivity contribution in [3.63, 3.8) is 0 Å². The zero-order valence-corrected chi connectivity index (χ0v) is 26.9. The molecule has 9 heteroatoms. The highest BCUT2D eigenvalue weighted by Crippen LogP contribution is 2.37. The van der Waals surface area contributed by atoms with Crippen molar-refractivity contribution >= 4 is 17.0 Å². The molecule has 244 valence electrons. The number of carbonyl (C=O) groups is 1. The minimum Gasteiger partial charge on any atom is -0.493 e. The van der Waals surface area contributed by atoms with Gasteiger partial charge in [0.05, 0.1) is 32.8 Å². The van der Waals surface area contributed by atoms with Crippen LogP contribution in [0.15, 0.2) is 84.3 Å². The van der Waals surface area contributed by atoms with E-state index in [2.05, 4.69) is 30.4 Å². The van der Waals surface area contributed by atoms with Crippen molar-refractivity contribution in [2.45, 2.75) is 45.2 Å². The molecule has 1 N–H and O–H groups in total. The molecule has 0 aliphatic heterocycles. The topological polar surface area (TPSA) is 64.4 Å². The number of oxazole rings is 1. The van der Waals surface area contributed by atoms with E-state index >= 15 is 0 Å². The molecule has 1 amide bonds. The molecule has 6 nitrogen and oxygen atoms in total. The fourth-order valence-corrected chi connectivity index (χ4v) is 5.32. The molecule has 0 saturated carbocycles. The number of nitrogens with one attached hydrogen (secondary N) is 1. The minimum atomic E-state index is -4.42. The van der Waals surface area contributed by atoms with Gasteiger partial charge in [-0.05, 0) is 84.5 Å². The van der Waals surface area contributed by atoms with Crippen LogP contribution >= 0.6 is 0 Å². The fourth-order valence-electron chi connectivity index (χ4n) is 5.32. The Balaban J connectivity index is 1.55. The second kappa shape index (κ2) is 15.3. The maximum absolute atomic E-state index is 13.1. The first-order valence-corrected chi connectivity index (χ1v) is 15.6. The van der Waals surface area contributed by atoms with Gasteiger partial charge in [-0.25, -0.2) is 4.98 Å². The quantitative estimate of drug-likeness (QED) is 0.0764. The largest absolute Gasteiger partial charge is 0.493 e. The van der Waals surface area contributed by atoms with E-state index in [1.165, 1.54) is 12.1 Å². The summed E-state index contributed by atoms with van der Waals surface area (Å²) >= 11 is 0. The number of hydrogen-bond donors (Lipinski definition) is 1. The summed E-state index contributed by atoms with van der Waals surface area (Å²) < 4.78 is 52.3. The Bertz CT molecular complexity index is 1660. The van der Waals surface area contributed by atoms with Gasteiger partial charge in [-0.1, -0.05) is 31.6 Å². The molecule has 4 rings (SSSR count). The third-order valence-corrected chi connectivity index (χ3v) is 7.71. The lowest BCUT2D eigenvalue weighted by atomic mass is 9.97. The van der Waals surface area contributed by atoms with E-state index in [9.17, 15) is 18.0 Å². The number of ether oxygens (including phenoxy) is 1. The van der Waals surface area contributed by atoms with Gasteiger partial charge >= 0.3 is 6.18 Å². The number of unbranched alkanes of at least 4 members (excludes halogenated alkanes) is 1. The number of rotatable bonds is 16. The number of likely N-dealkylation sites (N-methyl/N-ethyl adjacent to an activating group) is 1. The standard InChI is InChI=1S/C37H42F3N3O3/c1-6-9-19-41-34(44)25-43(4,5)20-10-21-45-33-18-15-28(24-29(33)12-8-3)31-22-26(11-7-2)23-32-35(31)46-36(42-32)27-13-16-30(17-14-27)37(38,39)40/h7-8,13-18,22-24H,2-3,6,9-12,19-21,25H2,1,4-5H3/p+1. The Morgan fingerprint density at radius 2 is 1.72 bits per heavy atom. The molecule has 0 radical (unpaired) electrons. The summed E-state index contributed by atoms with van der Waals surface area (Å²) in [6, 6.07) is 14.7. The van der Waals surface area contributed by atoms with Crippen molar-refractivity contribution < 1.29 is 31.6 Å². The van der Waals surface area contributed by atoms with E-state index in [1.807, 2.05) is 50.5 Å². The Kier molecular flexibility index (Phi) is 11.5. The molecular formula is C37H43F3N3O3+. The van der Waals surface area contributed by atoms with Crippen LogP contribution in [0.1, 0.15) is 42.9 Å². The zero-order chi connectivity index (χ0) is 33.3. The van der Waals surface area contributed by atoms with E-state index in [0.29, 0.717) is 53.7 Å². The van der Waals surface area contributed by atoms with Crippen LogP contribution in [0.3, 0.4) is 0 Å². The Morgan fingerprint density at radius 1 is 1.00 bits per heavy atom. The highest BCUT2D eigenvalue weighted by molar-refractivity contribution is 5.92. The molecule has 4 aromatic rings. The predicted octanol–water partition coefficient (Wildman–Crippen LogP) is 8.40. The molecule has 0 aliphatic carbocycles. The fraction of sp³-hybridized carbons (Fsp3) is 0.351. The second-order valence-electron chi connectivity index (χ2n) is 12.1. The summed E-state index contributed by atoms with van der Waals surface area (Å²) in [4.78, 5) is 16.9. The van der Waals surface area contributed by atoms with Gasteiger partial charge in [0.2, 0.25) is 5.89 Å². The first kappa shape index (κ1) is 34.5. The normalized spacial score (nSPS) is 11.9. The number of quaternary nitrogens is 1. The minimum absolute atomic E-state index is 0.0627. The summed E-state index contributed by atoms with van der Waals surface area (Å²) in [6.07, 6.45) is 3.21. The second-order valence-corrected chi connectivity index (χ2v) is 12.1. The number of alkyl halides is 3. The van der Waals surface area contributed by atoms with Gasteiger partial charge in [0, 0.05) is 24.1 Å². The Hall–Kier alpha value is -4.37. The van der Waals surface area contributed by atoms with Crippen molar-refractivity contribution in [1.29, 1.82) is 0 Å². The van der Waals surface area contributed by atoms with Gasteiger partial charge < -0.3 is 19.0 Å². The first-order valence-electron chi connectivity index (χ1n) is 15.6. The summed E-state index contributed by atoms with van der Waals surface area (Å²) in [7, 11) is 4.09. The maximum Gasteiger partial charge on any atom is 0.416 e. The van der Waals surface area contributed by atoms with E-state index in [-0.39, 0.29) is 11.8 Å². The molecule has 0 aliphatic rings. The molecule has 0 fully saturated rings. The van der Waals surface area contributed by atoms with Gasteiger partial charge in [0.15, 0.2) is 12.1 Å². The maximum atomic E-state index is 13.1. The third-order valence-electron chi connectivity index (χ3n) is 7.71. The van der Waals surface area contributed by atoms with Crippen molar-refractivity contribution in [3.8, 4) is 28.3 Å². The van der Waals surface area contributed by atoms with Crippen molar-refractivity contribution in [2.75, 3.05) is 40.3 Å². The summed E-state index contributed by atoms with van der Waals surface area (Å²) in [5, 5.41) is 2.99. The summed E-state index contributed by atoms with van der Waals surface area (Å²) in [5.74, 6) is 1.06. The number of halogens is 3. The average molecular weight is 635 g/mol. The van der Waals surface area contributed by atoms with Crippen LogP contribution in [0.2, 0.25) is 0 Å². The van der Waals surface area contributed by atoms with Gasteiger partial charge in [0.25, 0.3) is 5.91 Å². The number of benzene rings is 3. The van der Waals surface area contributed by atoms with Crippen LogP contribution in [-0.4, -0.2) is 55.7 Å². The summed E-state index contributed by atoms with van der Waals surface area (Å²) in [5.41, 5.74) is 4.52. The monoisotopic (exact) mass is 634 g/mol. The van der Waals surface area contributed by atoms with E-state index in [4.69, 9.17) is 9.15 Å². The van der Waals surface area contributed by atoms with Crippen molar-refractivity contribution in [3.05, 3.63) is 96.6 Å². The number of nitrogens with zero attached hydrogens (tertiary/aromatic N) is 2. The Morgan fingerprint density at radius 3 is 2.39 bits per heavy atom. The van der Waals surface area contributed by atoms with E-state index in [1.54, 1.807) is 6.08 Å². The molecule has 1 aromatic heterocycles. The smallest absolute Gasteiger partial charge is 0.416 e. The van der Waals surface area contributed by atoms with Gasteiger partial charge in [-0.15, -0.1) is 13.2 Å². The van der Waals surface area contributed by atoms with Crippen molar-refractivity contribution in [1.82, 2.24) is 10.3 Å². The molecule has 0 saturated heterocycles. The number of aromatic nitrogens is 1. The van der Waals surface area contributed by atoms with Gasteiger partial charge in [-0.3, -0.25) is 4.79 Å². The lowest BCUT2D eigenvalue weighted by Crippen LogP contribution is -2.48. The predicted molar refractivity (Wildman–Crippen MR) is 178 cm³/mol.